The third kappa shape index (κ3) is 4.46. The molecule has 0 fully saturated rings. The first-order valence-corrected chi connectivity index (χ1v) is 9.36. The van der Waals surface area contributed by atoms with E-state index in [1.807, 2.05) is 36.4 Å². The molecule has 0 aliphatic carbocycles. The first kappa shape index (κ1) is 21.0. The van der Waals surface area contributed by atoms with E-state index in [4.69, 9.17) is 14.2 Å². The topological polar surface area (TPSA) is 81.1 Å². The monoisotopic (exact) mass is 408 g/mol. The van der Waals surface area contributed by atoms with Crippen molar-refractivity contribution in [1.82, 2.24) is 4.98 Å². The largest absolute Gasteiger partial charge is 0.493 e. The minimum absolute atomic E-state index is 0.192. The van der Waals surface area contributed by atoms with Gasteiger partial charge in [-0.25, -0.2) is 9.78 Å². The van der Waals surface area contributed by atoms with Crippen LogP contribution in [0.3, 0.4) is 0 Å². The number of anilines is 2. The standard InChI is InChI=1S/C23H24N2O5/c1-28-19-14-16(15-20(29-2)22(19)30-3)13-18(23(26)27)25(17-9-5-4-6-10-17)21-11-7-8-12-24-21/h4-12,14-15,18H,13H2,1-3H3,(H,26,27). The first-order valence-electron chi connectivity index (χ1n) is 9.36. The molecule has 1 unspecified atom stereocenters. The van der Waals surface area contributed by atoms with Crippen LogP contribution in [-0.4, -0.2) is 43.4 Å². The van der Waals surface area contributed by atoms with Crippen molar-refractivity contribution >= 4 is 17.5 Å². The van der Waals surface area contributed by atoms with Gasteiger partial charge >= 0.3 is 5.97 Å². The summed E-state index contributed by atoms with van der Waals surface area (Å²) in [6.45, 7) is 0. The number of benzene rings is 2. The molecule has 0 aliphatic rings. The average molecular weight is 408 g/mol. The van der Waals surface area contributed by atoms with Crippen LogP contribution in [0.1, 0.15) is 5.56 Å². The number of nitrogens with zero attached hydrogens (tertiary/aromatic N) is 2. The van der Waals surface area contributed by atoms with Crippen molar-refractivity contribution in [1.29, 1.82) is 0 Å². The number of pyridine rings is 1. The molecule has 3 aromatic rings. The highest BCUT2D eigenvalue weighted by Crippen LogP contribution is 2.39. The molecule has 2 aromatic carbocycles. The molecule has 0 spiro atoms. The Morgan fingerprint density at radius 2 is 1.60 bits per heavy atom. The van der Waals surface area contributed by atoms with Crippen molar-refractivity contribution in [2.75, 3.05) is 26.2 Å². The van der Waals surface area contributed by atoms with Crippen molar-refractivity contribution in [2.45, 2.75) is 12.5 Å². The number of carboxylic acids is 1. The van der Waals surface area contributed by atoms with E-state index in [1.165, 1.54) is 21.3 Å². The number of aromatic nitrogens is 1. The number of carbonyl (C=O) groups is 1. The second-order valence-corrected chi connectivity index (χ2v) is 6.49. The summed E-state index contributed by atoms with van der Waals surface area (Å²) in [4.78, 5) is 18.5. The third-order valence-corrected chi connectivity index (χ3v) is 4.68. The molecule has 1 N–H and O–H groups in total. The van der Waals surface area contributed by atoms with Crippen LogP contribution in [-0.2, 0) is 11.2 Å². The van der Waals surface area contributed by atoms with Crippen molar-refractivity contribution in [3.05, 3.63) is 72.4 Å². The van der Waals surface area contributed by atoms with Gasteiger partial charge in [-0.15, -0.1) is 0 Å². The minimum Gasteiger partial charge on any atom is -0.493 e. The van der Waals surface area contributed by atoms with Crippen LogP contribution in [0.5, 0.6) is 17.2 Å². The van der Waals surface area contributed by atoms with Crippen LogP contribution in [0.15, 0.2) is 66.9 Å². The molecule has 7 nitrogen and oxygen atoms in total. The molecule has 30 heavy (non-hydrogen) atoms. The Morgan fingerprint density at radius 1 is 0.967 bits per heavy atom. The molecule has 1 aromatic heterocycles. The molecular weight excluding hydrogens is 384 g/mol. The zero-order chi connectivity index (χ0) is 21.5. The predicted octanol–water partition coefficient (Wildman–Crippen LogP) is 3.94. The Bertz CT molecular complexity index is 915. The lowest BCUT2D eigenvalue weighted by Crippen LogP contribution is -2.40. The van der Waals surface area contributed by atoms with Crippen LogP contribution in [0.2, 0.25) is 0 Å². The SMILES string of the molecule is COc1cc(CC(C(=O)O)N(c2ccccc2)c2ccccn2)cc(OC)c1OC. The number of hydrogen-bond donors (Lipinski definition) is 1. The van der Waals surface area contributed by atoms with E-state index in [-0.39, 0.29) is 6.42 Å². The fourth-order valence-corrected chi connectivity index (χ4v) is 3.32. The molecule has 0 bridgehead atoms. The Labute approximate surface area is 175 Å². The lowest BCUT2D eigenvalue weighted by atomic mass is 10.0. The van der Waals surface area contributed by atoms with Gasteiger partial charge in [0.25, 0.3) is 0 Å². The number of carboxylic acid groups (broad SMARTS) is 1. The number of ether oxygens (including phenoxy) is 3. The summed E-state index contributed by atoms with van der Waals surface area (Å²) in [7, 11) is 4.58. The minimum atomic E-state index is -0.974. The van der Waals surface area contributed by atoms with E-state index < -0.39 is 12.0 Å². The molecule has 0 saturated heterocycles. The van der Waals surface area contributed by atoms with Crippen molar-refractivity contribution < 1.29 is 24.1 Å². The van der Waals surface area contributed by atoms with Gasteiger partial charge in [0.05, 0.1) is 21.3 Å². The molecule has 156 valence electrons. The van der Waals surface area contributed by atoms with E-state index in [2.05, 4.69) is 4.98 Å². The lowest BCUT2D eigenvalue weighted by Gasteiger charge is -2.30. The zero-order valence-electron chi connectivity index (χ0n) is 17.1. The summed E-state index contributed by atoms with van der Waals surface area (Å²) < 4.78 is 16.2. The molecule has 1 atom stereocenters. The molecule has 0 radical (unpaired) electrons. The van der Waals surface area contributed by atoms with Crippen LogP contribution in [0, 0.1) is 0 Å². The lowest BCUT2D eigenvalue weighted by molar-refractivity contribution is -0.138. The van der Waals surface area contributed by atoms with Crippen molar-refractivity contribution in [3.63, 3.8) is 0 Å². The quantitative estimate of drug-likeness (QED) is 0.574. The molecule has 0 saturated carbocycles. The van der Waals surface area contributed by atoms with Crippen molar-refractivity contribution in [3.8, 4) is 17.2 Å². The fourth-order valence-electron chi connectivity index (χ4n) is 3.32. The normalized spacial score (nSPS) is 11.4. The highest BCUT2D eigenvalue weighted by molar-refractivity contribution is 5.82. The summed E-state index contributed by atoms with van der Waals surface area (Å²) in [6.07, 6.45) is 1.83. The average Bonchev–Trinajstić information content (AvgIpc) is 2.79. The van der Waals surface area contributed by atoms with Crippen molar-refractivity contribution in [2.24, 2.45) is 0 Å². The summed E-state index contributed by atoms with van der Waals surface area (Å²) in [5.74, 6) is 0.974. The fraction of sp³-hybridized carbons (Fsp3) is 0.217. The predicted molar refractivity (Wildman–Crippen MR) is 114 cm³/mol. The zero-order valence-corrected chi connectivity index (χ0v) is 17.1. The Hall–Kier alpha value is -3.74. The smallest absolute Gasteiger partial charge is 0.327 e. The van der Waals surface area contributed by atoms with Crippen LogP contribution >= 0.6 is 0 Å². The maximum atomic E-state index is 12.4. The van der Waals surface area contributed by atoms with E-state index in [1.54, 1.807) is 35.4 Å². The number of rotatable bonds is 9. The summed E-state index contributed by atoms with van der Waals surface area (Å²) in [5.41, 5.74) is 1.46. The molecular formula is C23H24N2O5. The number of para-hydroxylation sites is 1. The maximum absolute atomic E-state index is 12.4. The van der Waals surface area contributed by atoms with Gasteiger partial charge in [0, 0.05) is 18.3 Å². The summed E-state index contributed by atoms with van der Waals surface area (Å²) in [6, 6.07) is 17.4. The number of methoxy groups -OCH3 is 3. The van der Waals surface area contributed by atoms with Gasteiger partial charge in [-0.3, -0.25) is 0 Å². The highest BCUT2D eigenvalue weighted by atomic mass is 16.5. The Kier molecular flexibility index (Phi) is 6.75. The van der Waals surface area contributed by atoms with E-state index >= 15 is 0 Å². The summed E-state index contributed by atoms with van der Waals surface area (Å²) >= 11 is 0. The van der Waals surface area contributed by atoms with E-state index in [9.17, 15) is 9.90 Å². The number of aliphatic carboxylic acids is 1. The van der Waals surface area contributed by atoms with Crippen LogP contribution in [0.4, 0.5) is 11.5 Å². The van der Waals surface area contributed by atoms with Gasteiger partial charge in [-0.2, -0.15) is 0 Å². The van der Waals surface area contributed by atoms with Gasteiger partial charge in [-0.05, 0) is 42.0 Å². The number of hydrogen-bond acceptors (Lipinski definition) is 6. The van der Waals surface area contributed by atoms with Crippen LogP contribution < -0.4 is 19.1 Å². The van der Waals surface area contributed by atoms with E-state index in [0.29, 0.717) is 23.1 Å². The second kappa shape index (κ2) is 9.65. The van der Waals surface area contributed by atoms with Gasteiger partial charge in [-0.1, -0.05) is 24.3 Å². The molecule has 3 rings (SSSR count). The molecule has 0 amide bonds. The van der Waals surface area contributed by atoms with Gasteiger partial charge in [0.2, 0.25) is 5.75 Å². The van der Waals surface area contributed by atoms with E-state index in [0.717, 1.165) is 11.3 Å². The second-order valence-electron chi connectivity index (χ2n) is 6.49. The Morgan fingerprint density at radius 3 is 2.10 bits per heavy atom. The van der Waals surface area contributed by atoms with Crippen LogP contribution in [0.25, 0.3) is 0 Å². The Balaban J connectivity index is 2.07. The molecule has 7 heteroatoms. The first-order chi connectivity index (χ1) is 14.6. The maximum Gasteiger partial charge on any atom is 0.327 e. The van der Waals surface area contributed by atoms with Gasteiger partial charge in [0.15, 0.2) is 11.5 Å². The molecule has 1 heterocycles. The third-order valence-electron chi connectivity index (χ3n) is 4.68. The van der Waals surface area contributed by atoms with Gasteiger partial charge in [0.1, 0.15) is 11.9 Å². The highest BCUT2D eigenvalue weighted by Gasteiger charge is 2.29. The summed E-state index contributed by atoms with van der Waals surface area (Å²) in [5, 5.41) is 10.1. The molecule has 0 aliphatic heterocycles. The van der Waals surface area contributed by atoms with Gasteiger partial charge < -0.3 is 24.2 Å².